The fourth-order valence-electron chi connectivity index (χ4n) is 1.57. The zero-order valence-corrected chi connectivity index (χ0v) is 11.6. The number of thioether (sulfide) groups is 2. The molecule has 1 aliphatic rings. The normalized spacial score (nSPS) is 24.6. The Kier molecular flexibility index (Phi) is 5.09. The van der Waals surface area contributed by atoms with Gasteiger partial charge in [0, 0.05) is 22.6 Å². The zero-order valence-electron chi connectivity index (χ0n) is 9.94. The van der Waals surface area contributed by atoms with Crippen LogP contribution in [0.3, 0.4) is 0 Å². The number of benzene rings is 1. The highest BCUT2D eigenvalue weighted by molar-refractivity contribution is 8.03. The van der Waals surface area contributed by atoms with E-state index in [1.807, 2.05) is 6.08 Å². The average molecular weight is 288 g/mol. The molecule has 5 heteroatoms. The summed E-state index contributed by atoms with van der Waals surface area (Å²) in [4.78, 5) is 0. The van der Waals surface area contributed by atoms with E-state index in [9.17, 15) is 8.78 Å². The van der Waals surface area contributed by atoms with Crippen molar-refractivity contribution >= 4 is 29.6 Å². The van der Waals surface area contributed by atoms with Crippen molar-refractivity contribution < 1.29 is 13.5 Å². The molecule has 18 heavy (non-hydrogen) atoms. The smallest absolute Gasteiger partial charge is 0.133 e. The molecule has 0 N–H and O–H groups in total. The lowest BCUT2D eigenvalue weighted by atomic mass is 10.2. The molecule has 98 valence electrons. The van der Waals surface area contributed by atoms with E-state index in [2.05, 4.69) is 6.26 Å². The van der Waals surface area contributed by atoms with Gasteiger partial charge < -0.3 is 4.74 Å². The standard InChI is InChI=1S/C13H14F2OS2/c1-17-11-7-16-13(18-8-11)5-3-9-2-4-10(14)6-12(9)15/h2-6,11,13H,7-8H2,1H3/b5-3+. The van der Waals surface area contributed by atoms with E-state index in [1.165, 1.54) is 12.1 Å². The summed E-state index contributed by atoms with van der Waals surface area (Å²) in [6, 6.07) is 3.57. The molecule has 1 nitrogen and oxygen atoms in total. The molecule has 1 aliphatic heterocycles. The molecule has 0 spiro atoms. The van der Waals surface area contributed by atoms with Crippen molar-refractivity contribution in [3.05, 3.63) is 41.5 Å². The van der Waals surface area contributed by atoms with Crippen molar-refractivity contribution in [1.29, 1.82) is 0 Å². The molecule has 0 saturated carbocycles. The predicted octanol–water partition coefficient (Wildman–Crippen LogP) is 3.80. The molecule has 1 fully saturated rings. The molecule has 2 atom stereocenters. The van der Waals surface area contributed by atoms with Crippen LogP contribution in [-0.4, -0.2) is 29.3 Å². The lowest BCUT2D eigenvalue weighted by molar-refractivity contribution is 0.137. The number of hydrogen-bond acceptors (Lipinski definition) is 3. The summed E-state index contributed by atoms with van der Waals surface area (Å²) in [5, 5.41) is 0.530. The van der Waals surface area contributed by atoms with E-state index < -0.39 is 11.6 Å². The second kappa shape index (κ2) is 6.59. The van der Waals surface area contributed by atoms with E-state index in [0.29, 0.717) is 10.8 Å². The minimum Gasteiger partial charge on any atom is -0.362 e. The molecular formula is C13H14F2OS2. The molecule has 0 aromatic heterocycles. The summed E-state index contributed by atoms with van der Waals surface area (Å²) < 4.78 is 31.7. The molecule has 1 aromatic rings. The lowest BCUT2D eigenvalue weighted by Crippen LogP contribution is -2.25. The number of ether oxygens (including phenoxy) is 1. The summed E-state index contributed by atoms with van der Waals surface area (Å²) in [5.41, 5.74) is 0.338. The highest BCUT2D eigenvalue weighted by Gasteiger charge is 2.19. The molecule has 2 unspecified atom stereocenters. The molecule has 1 saturated heterocycles. The highest BCUT2D eigenvalue weighted by atomic mass is 32.2. The first kappa shape index (κ1) is 13.9. The third kappa shape index (κ3) is 3.73. The monoisotopic (exact) mass is 288 g/mol. The van der Waals surface area contributed by atoms with Crippen molar-refractivity contribution in [2.75, 3.05) is 18.6 Å². The third-order valence-electron chi connectivity index (χ3n) is 2.62. The van der Waals surface area contributed by atoms with Gasteiger partial charge in [-0.2, -0.15) is 11.8 Å². The Morgan fingerprint density at radius 3 is 2.89 bits per heavy atom. The van der Waals surface area contributed by atoms with Crippen LogP contribution in [0.1, 0.15) is 5.56 Å². The fourth-order valence-corrected chi connectivity index (χ4v) is 3.43. The van der Waals surface area contributed by atoms with Crippen molar-refractivity contribution in [2.45, 2.75) is 10.7 Å². The topological polar surface area (TPSA) is 9.23 Å². The van der Waals surface area contributed by atoms with Crippen molar-refractivity contribution in [2.24, 2.45) is 0 Å². The first-order valence-electron chi connectivity index (χ1n) is 5.58. The van der Waals surface area contributed by atoms with Crippen LogP contribution >= 0.6 is 23.5 Å². The summed E-state index contributed by atoms with van der Waals surface area (Å²) in [5.74, 6) is -0.0768. The van der Waals surface area contributed by atoms with E-state index in [1.54, 1.807) is 29.6 Å². The van der Waals surface area contributed by atoms with Crippen LogP contribution in [0.15, 0.2) is 24.3 Å². The molecule has 0 amide bonds. The third-order valence-corrected chi connectivity index (χ3v) is 5.02. The first-order valence-corrected chi connectivity index (χ1v) is 7.92. The number of halogens is 2. The van der Waals surface area contributed by atoms with Gasteiger partial charge in [-0.15, -0.1) is 11.8 Å². The Hall–Kier alpha value is -0.520. The van der Waals surface area contributed by atoms with Crippen LogP contribution in [0.5, 0.6) is 0 Å². The minimum absolute atomic E-state index is 0.0437. The first-order chi connectivity index (χ1) is 8.69. The summed E-state index contributed by atoms with van der Waals surface area (Å²) in [6.07, 6.45) is 5.53. The molecule has 1 heterocycles. The maximum Gasteiger partial charge on any atom is 0.133 e. The fraction of sp³-hybridized carbons (Fsp3) is 0.385. The minimum atomic E-state index is -0.559. The van der Waals surface area contributed by atoms with Crippen molar-refractivity contribution in [3.8, 4) is 0 Å². The zero-order chi connectivity index (χ0) is 13.0. The summed E-state index contributed by atoms with van der Waals surface area (Å²) in [7, 11) is 0. The molecular weight excluding hydrogens is 274 g/mol. The largest absolute Gasteiger partial charge is 0.362 e. The average Bonchev–Trinajstić information content (AvgIpc) is 2.38. The Morgan fingerprint density at radius 2 is 2.28 bits per heavy atom. The van der Waals surface area contributed by atoms with Gasteiger partial charge in [0.25, 0.3) is 0 Å². The molecule has 0 radical (unpaired) electrons. The Bertz CT molecular complexity index is 429. The Balaban J connectivity index is 1.95. The van der Waals surface area contributed by atoms with Gasteiger partial charge in [-0.25, -0.2) is 8.78 Å². The second-order valence-electron chi connectivity index (χ2n) is 3.92. The van der Waals surface area contributed by atoms with Gasteiger partial charge >= 0.3 is 0 Å². The van der Waals surface area contributed by atoms with Crippen LogP contribution in [0.2, 0.25) is 0 Å². The molecule has 1 aromatic carbocycles. The molecule has 0 bridgehead atoms. The lowest BCUT2D eigenvalue weighted by Gasteiger charge is -2.25. The molecule has 0 aliphatic carbocycles. The Labute approximate surface area is 114 Å². The van der Waals surface area contributed by atoms with E-state index >= 15 is 0 Å². The SMILES string of the molecule is CSC1COC(/C=C/c2ccc(F)cc2F)SC1. The van der Waals surface area contributed by atoms with Gasteiger partial charge in [-0.3, -0.25) is 0 Å². The van der Waals surface area contributed by atoms with Crippen LogP contribution < -0.4 is 0 Å². The summed E-state index contributed by atoms with van der Waals surface area (Å²) >= 11 is 3.49. The van der Waals surface area contributed by atoms with Gasteiger partial charge in [-0.05, 0) is 24.5 Å². The van der Waals surface area contributed by atoms with Crippen LogP contribution in [0.25, 0.3) is 6.08 Å². The van der Waals surface area contributed by atoms with Gasteiger partial charge in [0.05, 0.1) is 6.61 Å². The van der Waals surface area contributed by atoms with Gasteiger partial charge in [-0.1, -0.05) is 6.08 Å². The number of hydrogen-bond donors (Lipinski definition) is 0. The maximum absolute atomic E-state index is 13.4. The van der Waals surface area contributed by atoms with Crippen LogP contribution in [0.4, 0.5) is 8.78 Å². The van der Waals surface area contributed by atoms with Crippen molar-refractivity contribution in [3.63, 3.8) is 0 Å². The quantitative estimate of drug-likeness (QED) is 0.837. The van der Waals surface area contributed by atoms with E-state index in [-0.39, 0.29) is 5.44 Å². The number of rotatable bonds is 3. The van der Waals surface area contributed by atoms with Crippen LogP contribution in [0, 0.1) is 11.6 Å². The van der Waals surface area contributed by atoms with E-state index in [4.69, 9.17) is 4.74 Å². The van der Waals surface area contributed by atoms with Gasteiger partial charge in [0.2, 0.25) is 0 Å². The summed E-state index contributed by atoms with van der Waals surface area (Å²) in [6.45, 7) is 0.717. The predicted molar refractivity (Wildman–Crippen MR) is 74.9 cm³/mol. The molecule has 2 rings (SSSR count). The van der Waals surface area contributed by atoms with Crippen molar-refractivity contribution in [1.82, 2.24) is 0 Å². The highest BCUT2D eigenvalue weighted by Crippen LogP contribution is 2.27. The Morgan fingerprint density at radius 1 is 1.44 bits per heavy atom. The van der Waals surface area contributed by atoms with E-state index in [0.717, 1.165) is 18.4 Å². The maximum atomic E-state index is 13.4. The van der Waals surface area contributed by atoms with Gasteiger partial charge in [0.1, 0.15) is 17.1 Å². The van der Waals surface area contributed by atoms with Crippen LogP contribution in [-0.2, 0) is 4.74 Å². The second-order valence-corrected chi connectivity index (χ2v) is 6.19. The van der Waals surface area contributed by atoms with Gasteiger partial charge in [0.15, 0.2) is 0 Å².